The second kappa shape index (κ2) is 9.71. The highest BCUT2D eigenvalue weighted by Crippen LogP contribution is 2.38. The van der Waals surface area contributed by atoms with Gasteiger partial charge in [0.05, 0.1) is 16.6 Å². The van der Waals surface area contributed by atoms with Crippen LogP contribution in [0.3, 0.4) is 0 Å². The lowest BCUT2D eigenvalue weighted by atomic mass is 9.99. The maximum atomic E-state index is 5.48. The van der Waals surface area contributed by atoms with Crippen molar-refractivity contribution in [1.82, 2.24) is 29.1 Å². The van der Waals surface area contributed by atoms with Gasteiger partial charge < -0.3 is 0 Å². The van der Waals surface area contributed by atoms with E-state index in [1.807, 2.05) is 43.1 Å². The van der Waals surface area contributed by atoms with E-state index in [0.29, 0.717) is 0 Å². The molecule has 0 unspecified atom stereocenters. The van der Waals surface area contributed by atoms with E-state index < -0.39 is 0 Å². The third kappa shape index (κ3) is 3.75. The minimum Gasteiger partial charge on any atom is -0.294 e. The fraction of sp³-hybridized carbons (Fsp3) is 0. The number of hydrogen-bond acceptors (Lipinski definition) is 4. The molecule has 0 bridgehead atoms. The van der Waals surface area contributed by atoms with Crippen molar-refractivity contribution < 1.29 is 0 Å². The molecule has 0 saturated heterocycles. The van der Waals surface area contributed by atoms with Crippen LogP contribution in [0.2, 0.25) is 0 Å². The molecule has 206 valence electrons. The van der Waals surface area contributed by atoms with Gasteiger partial charge in [0.25, 0.3) is 0 Å². The van der Waals surface area contributed by atoms with Gasteiger partial charge in [0.15, 0.2) is 0 Å². The first kappa shape index (κ1) is 24.5. The molecule has 0 N–H and O–H groups in total. The number of para-hydroxylation sites is 2. The SMILES string of the molecule is c1ccc(-n2c3cccnc3c3cc4c5ccccc5n(-c5cc(-c6ccncc6)cc(-c6ccncc6)c5)c4nc32)cc1. The van der Waals surface area contributed by atoms with Gasteiger partial charge in [-0.1, -0.05) is 36.4 Å². The van der Waals surface area contributed by atoms with Gasteiger partial charge in [-0.05, 0) is 101 Å². The Bertz CT molecular complexity index is 2420. The molecule has 6 aromatic heterocycles. The summed E-state index contributed by atoms with van der Waals surface area (Å²) in [7, 11) is 0. The lowest BCUT2D eigenvalue weighted by Gasteiger charge is -2.14. The third-order valence-electron chi connectivity index (χ3n) is 8.34. The van der Waals surface area contributed by atoms with E-state index in [4.69, 9.17) is 9.97 Å². The van der Waals surface area contributed by atoms with Gasteiger partial charge in [0, 0.05) is 58.5 Å². The zero-order chi connectivity index (χ0) is 29.0. The first-order valence-corrected chi connectivity index (χ1v) is 14.5. The van der Waals surface area contributed by atoms with E-state index in [-0.39, 0.29) is 0 Å². The molecule has 6 heterocycles. The number of benzene rings is 3. The number of rotatable bonds is 4. The van der Waals surface area contributed by atoms with Crippen molar-refractivity contribution >= 4 is 44.0 Å². The van der Waals surface area contributed by atoms with Crippen LogP contribution in [0.5, 0.6) is 0 Å². The molecular weight excluding hydrogens is 540 g/mol. The van der Waals surface area contributed by atoms with Crippen LogP contribution in [0.4, 0.5) is 0 Å². The van der Waals surface area contributed by atoms with Gasteiger partial charge >= 0.3 is 0 Å². The van der Waals surface area contributed by atoms with Crippen molar-refractivity contribution in [2.75, 3.05) is 0 Å². The van der Waals surface area contributed by atoms with E-state index >= 15 is 0 Å². The number of nitrogens with zero attached hydrogens (tertiary/aromatic N) is 6. The summed E-state index contributed by atoms with van der Waals surface area (Å²) in [5.74, 6) is 0. The molecule has 0 fully saturated rings. The maximum absolute atomic E-state index is 5.48. The summed E-state index contributed by atoms with van der Waals surface area (Å²) in [4.78, 5) is 18.8. The third-order valence-corrected chi connectivity index (χ3v) is 8.34. The predicted molar refractivity (Wildman–Crippen MR) is 177 cm³/mol. The van der Waals surface area contributed by atoms with Gasteiger partial charge in [0.2, 0.25) is 0 Å². The molecule has 0 aliphatic heterocycles. The topological polar surface area (TPSA) is 61.4 Å². The molecule has 0 radical (unpaired) electrons. The molecule has 9 rings (SSSR count). The molecule has 6 heteroatoms. The Morgan fingerprint density at radius 2 is 1.02 bits per heavy atom. The Morgan fingerprint density at radius 1 is 0.409 bits per heavy atom. The van der Waals surface area contributed by atoms with Crippen LogP contribution in [0, 0.1) is 0 Å². The second-order valence-corrected chi connectivity index (χ2v) is 10.9. The van der Waals surface area contributed by atoms with Gasteiger partial charge in [-0.15, -0.1) is 0 Å². The van der Waals surface area contributed by atoms with Crippen LogP contribution in [-0.4, -0.2) is 29.1 Å². The zero-order valence-corrected chi connectivity index (χ0v) is 23.5. The first-order chi connectivity index (χ1) is 21.8. The summed E-state index contributed by atoms with van der Waals surface area (Å²) >= 11 is 0. The Labute approximate surface area is 252 Å². The van der Waals surface area contributed by atoms with Crippen molar-refractivity contribution in [2.45, 2.75) is 0 Å². The van der Waals surface area contributed by atoms with Gasteiger partial charge in [0.1, 0.15) is 11.3 Å². The fourth-order valence-electron chi connectivity index (χ4n) is 6.38. The quantitative estimate of drug-likeness (QED) is 0.214. The van der Waals surface area contributed by atoms with Gasteiger partial charge in [-0.2, -0.15) is 0 Å². The van der Waals surface area contributed by atoms with E-state index in [0.717, 1.165) is 77.6 Å². The van der Waals surface area contributed by atoms with E-state index in [2.05, 4.69) is 122 Å². The molecule has 0 atom stereocenters. The Hall–Kier alpha value is -6.14. The highest BCUT2D eigenvalue weighted by atomic mass is 15.1. The Balaban J connectivity index is 1.41. The number of fused-ring (bicyclic) bond motifs is 6. The van der Waals surface area contributed by atoms with Crippen molar-refractivity contribution in [1.29, 1.82) is 0 Å². The van der Waals surface area contributed by atoms with Crippen molar-refractivity contribution in [3.05, 3.63) is 146 Å². The van der Waals surface area contributed by atoms with Crippen LogP contribution < -0.4 is 0 Å². The maximum Gasteiger partial charge on any atom is 0.149 e. The lowest BCUT2D eigenvalue weighted by molar-refractivity contribution is 1.11. The molecule has 44 heavy (non-hydrogen) atoms. The smallest absolute Gasteiger partial charge is 0.149 e. The molecule has 6 nitrogen and oxygen atoms in total. The largest absolute Gasteiger partial charge is 0.294 e. The van der Waals surface area contributed by atoms with Gasteiger partial charge in [-0.25, -0.2) is 4.98 Å². The average Bonchev–Trinajstić information content (AvgIpc) is 3.60. The first-order valence-electron chi connectivity index (χ1n) is 14.5. The number of aromatic nitrogens is 6. The van der Waals surface area contributed by atoms with Crippen molar-refractivity contribution in [3.63, 3.8) is 0 Å². The predicted octanol–water partition coefficient (Wildman–Crippen LogP) is 8.79. The minimum atomic E-state index is 0.876. The highest BCUT2D eigenvalue weighted by Gasteiger charge is 2.21. The van der Waals surface area contributed by atoms with Crippen LogP contribution in [-0.2, 0) is 0 Å². The number of hydrogen-bond donors (Lipinski definition) is 0. The normalized spacial score (nSPS) is 11.6. The molecule has 0 aliphatic carbocycles. The van der Waals surface area contributed by atoms with Crippen LogP contribution in [0.15, 0.2) is 146 Å². The fourth-order valence-corrected chi connectivity index (χ4v) is 6.38. The summed E-state index contributed by atoms with van der Waals surface area (Å²) in [6.45, 7) is 0. The van der Waals surface area contributed by atoms with Crippen LogP contribution >= 0.6 is 0 Å². The molecule has 3 aromatic carbocycles. The summed E-state index contributed by atoms with van der Waals surface area (Å²) in [6, 6.07) is 40.2. The number of pyridine rings is 4. The summed E-state index contributed by atoms with van der Waals surface area (Å²) in [6.07, 6.45) is 9.20. The standard InChI is InChI=1S/C38H24N6/c1-2-7-29(8-3-1)43-35-11-6-16-41-36(35)33-24-32-31-9-4-5-10-34(31)44(37(32)42-38(33)43)30-22-27(25-12-17-39-18-13-25)21-28(23-30)26-14-19-40-20-15-26/h1-24H. The summed E-state index contributed by atoms with van der Waals surface area (Å²) in [5.41, 5.74) is 11.3. The van der Waals surface area contributed by atoms with E-state index in [9.17, 15) is 0 Å². The van der Waals surface area contributed by atoms with Crippen LogP contribution in [0.1, 0.15) is 0 Å². The molecule has 0 aliphatic rings. The minimum absolute atomic E-state index is 0.876. The second-order valence-electron chi connectivity index (χ2n) is 10.9. The average molecular weight is 565 g/mol. The molecule has 0 spiro atoms. The van der Waals surface area contributed by atoms with Crippen molar-refractivity contribution in [2.24, 2.45) is 0 Å². The van der Waals surface area contributed by atoms with E-state index in [1.54, 1.807) is 0 Å². The molecule has 9 aromatic rings. The highest BCUT2D eigenvalue weighted by molar-refractivity contribution is 6.15. The van der Waals surface area contributed by atoms with Crippen LogP contribution in [0.25, 0.3) is 77.6 Å². The Morgan fingerprint density at radius 3 is 1.75 bits per heavy atom. The molecule has 0 saturated carbocycles. The summed E-state index contributed by atoms with van der Waals surface area (Å²) in [5, 5.41) is 3.27. The summed E-state index contributed by atoms with van der Waals surface area (Å²) < 4.78 is 4.51. The zero-order valence-electron chi connectivity index (χ0n) is 23.5. The van der Waals surface area contributed by atoms with E-state index in [1.165, 1.54) is 0 Å². The molecule has 0 amide bonds. The monoisotopic (exact) mass is 564 g/mol. The van der Waals surface area contributed by atoms with Gasteiger partial charge in [-0.3, -0.25) is 24.1 Å². The lowest BCUT2D eigenvalue weighted by Crippen LogP contribution is -1.99. The molecular formula is C38H24N6. The Kier molecular flexibility index (Phi) is 5.40. The van der Waals surface area contributed by atoms with Crippen molar-refractivity contribution in [3.8, 4) is 33.6 Å².